The predicted molar refractivity (Wildman–Crippen MR) is 79.7 cm³/mol. The molecule has 0 bridgehead atoms. The van der Waals surface area contributed by atoms with Gasteiger partial charge >= 0.3 is 6.09 Å². The SMILES string of the molecule is CC(C)(C)OC(=O)N1CCCC1CNCc1cccnn1. The third-order valence-corrected chi connectivity index (χ3v) is 3.32. The summed E-state index contributed by atoms with van der Waals surface area (Å²) in [5, 5.41) is 11.2. The van der Waals surface area contributed by atoms with Crippen LogP contribution in [0, 0.1) is 0 Å². The van der Waals surface area contributed by atoms with Gasteiger partial charge in [0.2, 0.25) is 0 Å². The monoisotopic (exact) mass is 292 g/mol. The number of hydrogen-bond donors (Lipinski definition) is 1. The zero-order valence-corrected chi connectivity index (χ0v) is 13.0. The van der Waals surface area contributed by atoms with E-state index in [-0.39, 0.29) is 12.1 Å². The molecule has 0 saturated carbocycles. The molecule has 2 rings (SSSR count). The normalized spacial score (nSPS) is 18.8. The van der Waals surface area contributed by atoms with Crippen molar-refractivity contribution >= 4 is 6.09 Å². The minimum absolute atomic E-state index is 0.191. The van der Waals surface area contributed by atoms with Gasteiger partial charge in [0, 0.05) is 31.9 Å². The van der Waals surface area contributed by atoms with E-state index in [2.05, 4.69) is 15.5 Å². The maximum absolute atomic E-state index is 12.2. The summed E-state index contributed by atoms with van der Waals surface area (Å²) in [6, 6.07) is 3.99. The Balaban J connectivity index is 1.80. The Bertz CT molecular complexity index is 458. The number of likely N-dealkylation sites (tertiary alicyclic amines) is 1. The van der Waals surface area contributed by atoms with Gasteiger partial charge in [-0.2, -0.15) is 10.2 Å². The number of nitrogens with zero attached hydrogens (tertiary/aromatic N) is 3. The lowest BCUT2D eigenvalue weighted by Gasteiger charge is -2.28. The van der Waals surface area contributed by atoms with Gasteiger partial charge in [-0.3, -0.25) is 0 Å². The molecular formula is C15H24N4O2. The van der Waals surface area contributed by atoms with E-state index < -0.39 is 5.60 Å². The highest BCUT2D eigenvalue weighted by atomic mass is 16.6. The number of aromatic nitrogens is 2. The molecule has 1 amide bonds. The van der Waals surface area contributed by atoms with Crippen LogP contribution >= 0.6 is 0 Å². The van der Waals surface area contributed by atoms with Gasteiger partial charge in [0.1, 0.15) is 5.60 Å². The first-order chi connectivity index (χ1) is 9.96. The summed E-state index contributed by atoms with van der Waals surface area (Å²) in [5.74, 6) is 0. The molecule has 0 radical (unpaired) electrons. The van der Waals surface area contributed by atoms with Gasteiger partial charge in [0.05, 0.1) is 5.69 Å². The Hall–Kier alpha value is -1.69. The van der Waals surface area contributed by atoms with Crippen LogP contribution in [0.4, 0.5) is 4.79 Å². The molecule has 1 aromatic rings. The maximum atomic E-state index is 12.2. The average Bonchev–Trinajstić information content (AvgIpc) is 2.86. The topological polar surface area (TPSA) is 67.3 Å². The van der Waals surface area contributed by atoms with Crippen molar-refractivity contribution in [2.24, 2.45) is 0 Å². The molecule has 1 aliphatic rings. The molecule has 0 spiro atoms. The molecule has 1 unspecified atom stereocenters. The highest BCUT2D eigenvalue weighted by Crippen LogP contribution is 2.20. The average molecular weight is 292 g/mol. The van der Waals surface area contributed by atoms with Crippen LogP contribution in [0.1, 0.15) is 39.3 Å². The Morgan fingerprint density at radius 1 is 1.52 bits per heavy atom. The molecule has 1 saturated heterocycles. The van der Waals surface area contributed by atoms with E-state index >= 15 is 0 Å². The number of carbonyl (C=O) groups excluding carboxylic acids is 1. The minimum atomic E-state index is -0.447. The van der Waals surface area contributed by atoms with Crippen LogP contribution < -0.4 is 5.32 Å². The molecule has 1 atom stereocenters. The number of amides is 1. The van der Waals surface area contributed by atoms with Crippen LogP contribution in [0.3, 0.4) is 0 Å². The summed E-state index contributed by atoms with van der Waals surface area (Å²) >= 11 is 0. The number of nitrogens with one attached hydrogen (secondary N) is 1. The van der Waals surface area contributed by atoms with Crippen molar-refractivity contribution < 1.29 is 9.53 Å². The molecular weight excluding hydrogens is 268 g/mol. The molecule has 1 aliphatic heterocycles. The summed E-state index contributed by atoms with van der Waals surface area (Å²) in [6.45, 7) is 7.85. The summed E-state index contributed by atoms with van der Waals surface area (Å²) in [7, 11) is 0. The van der Waals surface area contributed by atoms with Crippen LogP contribution in [-0.2, 0) is 11.3 Å². The minimum Gasteiger partial charge on any atom is -0.444 e. The van der Waals surface area contributed by atoms with Crippen molar-refractivity contribution in [2.45, 2.75) is 51.8 Å². The molecule has 0 aliphatic carbocycles. The van der Waals surface area contributed by atoms with Gasteiger partial charge in [0.25, 0.3) is 0 Å². The van der Waals surface area contributed by atoms with Crippen molar-refractivity contribution in [1.29, 1.82) is 0 Å². The van der Waals surface area contributed by atoms with Gasteiger partial charge < -0.3 is 15.0 Å². The van der Waals surface area contributed by atoms with Crippen molar-refractivity contribution in [2.75, 3.05) is 13.1 Å². The quantitative estimate of drug-likeness (QED) is 0.919. The maximum Gasteiger partial charge on any atom is 0.410 e. The van der Waals surface area contributed by atoms with Crippen LogP contribution in [0.25, 0.3) is 0 Å². The number of rotatable bonds is 4. The highest BCUT2D eigenvalue weighted by Gasteiger charge is 2.31. The lowest BCUT2D eigenvalue weighted by atomic mass is 10.2. The number of hydrogen-bond acceptors (Lipinski definition) is 5. The second-order valence-corrected chi connectivity index (χ2v) is 6.32. The molecule has 2 heterocycles. The summed E-state index contributed by atoms with van der Waals surface area (Å²) in [4.78, 5) is 14.0. The van der Waals surface area contributed by atoms with Crippen molar-refractivity contribution in [3.05, 3.63) is 24.0 Å². The summed E-state index contributed by atoms with van der Waals surface area (Å²) in [6.07, 6.45) is 3.47. The fraction of sp³-hybridized carbons (Fsp3) is 0.667. The molecule has 1 aromatic heterocycles. The van der Waals surface area contributed by atoms with E-state index in [4.69, 9.17) is 4.74 Å². The van der Waals surface area contributed by atoms with E-state index in [0.29, 0.717) is 6.54 Å². The lowest BCUT2D eigenvalue weighted by Crippen LogP contribution is -2.44. The third kappa shape index (κ3) is 4.97. The van der Waals surface area contributed by atoms with Gasteiger partial charge in [-0.25, -0.2) is 4.79 Å². The lowest BCUT2D eigenvalue weighted by molar-refractivity contribution is 0.0226. The number of carbonyl (C=O) groups is 1. The van der Waals surface area contributed by atoms with Crippen molar-refractivity contribution in [3.8, 4) is 0 Å². The Kier molecular flexibility index (Phi) is 5.12. The fourth-order valence-electron chi connectivity index (χ4n) is 2.40. The smallest absolute Gasteiger partial charge is 0.410 e. The van der Waals surface area contributed by atoms with E-state index in [1.165, 1.54) is 0 Å². The number of ether oxygens (including phenoxy) is 1. The van der Waals surface area contributed by atoms with Crippen LogP contribution in [0.2, 0.25) is 0 Å². The molecule has 21 heavy (non-hydrogen) atoms. The Morgan fingerprint density at radius 2 is 2.33 bits per heavy atom. The first-order valence-corrected chi connectivity index (χ1v) is 7.42. The predicted octanol–water partition coefficient (Wildman–Crippen LogP) is 1.97. The van der Waals surface area contributed by atoms with Gasteiger partial charge in [-0.15, -0.1) is 0 Å². The molecule has 6 nitrogen and oxygen atoms in total. The van der Waals surface area contributed by atoms with E-state index in [1.54, 1.807) is 6.20 Å². The molecule has 1 fully saturated rings. The standard InChI is InChI=1S/C15H24N4O2/c1-15(2,3)21-14(20)19-9-5-7-13(19)11-16-10-12-6-4-8-17-18-12/h4,6,8,13,16H,5,7,9-11H2,1-3H3. The first kappa shape index (κ1) is 15.7. The second kappa shape index (κ2) is 6.85. The molecule has 116 valence electrons. The summed E-state index contributed by atoms with van der Waals surface area (Å²) in [5.41, 5.74) is 0.455. The molecule has 1 N–H and O–H groups in total. The second-order valence-electron chi connectivity index (χ2n) is 6.32. The van der Waals surface area contributed by atoms with E-state index in [0.717, 1.165) is 31.6 Å². The fourth-order valence-corrected chi connectivity index (χ4v) is 2.40. The first-order valence-electron chi connectivity index (χ1n) is 7.42. The van der Waals surface area contributed by atoms with Gasteiger partial charge in [0.15, 0.2) is 0 Å². The third-order valence-electron chi connectivity index (χ3n) is 3.32. The zero-order chi connectivity index (χ0) is 15.3. The van der Waals surface area contributed by atoms with Crippen LogP contribution in [0.5, 0.6) is 0 Å². The molecule has 6 heteroatoms. The van der Waals surface area contributed by atoms with E-state index in [1.807, 2.05) is 37.8 Å². The largest absolute Gasteiger partial charge is 0.444 e. The Labute approximate surface area is 125 Å². The highest BCUT2D eigenvalue weighted by molar-refractivity contribution is 5.69. The van der Waals surface area contributed by atoms with Crippen molar-refractivity contribution in [3.63, 3.8) is 0 Å². The Morgan fingerprint density at radius 3 is 3.00 bits per heavy atom. The van der Waals surface area contributed by atoms with Gasteiger partial charge in [-0.1, -0.05) is 0 Å². The zero-order valence-electron chi connectivity index (χ0n) is 13.0. The molecule has 0 aromatic carbocycles. The van der Waals surface area contributed by atoms with Crippen LogP contribution in [0.15, 0.2) is 18.3 Å². The van der Waals surface area contributed by atoms with Crippen molar-refractivity contribution in [1.82, 2.24) is 20.4 Å². The van der Waals surface area contributed by atoms with E-state index in [9.17, 15) is 4.79 Å². The van der Waals surface area contributed by atoms with Crippen LogP contribution in [-0.4, -0.2) is 45.9 Å². The van der Waals surface area contributed by atoms with Gasteiger partial charge in [-0.05, 0) is 45.7 Å². The summed E-state index contributed by atoms with van der Waals surface area (Å²) < 4.78 is 5.45.